The van der Waals surface area contributed by atoms with E-state index in [0.29, 0.717) is 15.1 Å². The van der Waals surface area contributed by atoms with Gasteiger partial charge in [0.15, 0.2) is 5.43 Å². The number of hydrogen-bond acceptors (Lipinski definition) is 5. The molecular weight excluding hydrogens is 528 g/mol. The van der Waals surface area contributed by atoms with E-state index in [2.05, 4.69) is 15.9 Å². The molecular formula is C25H16BrClO5S. The van der Waals surface area contributed by atoms with Crippen LogP contribution in [0.5, 0.6) is 0 Å². The number of sulfone groups is 1. The van der Waals surface area contributed by atoms with E-state index in [1.54, 1.807) is 42.5 Å². The fourth-order valence-corrected chi connectivity index (χ4v) is 5.09. The van der Waals surface area contributed by atoms with Gasteiger partial charge in [-0.15, -0.1) is 0 Å². The smallest absolute Gasteiger partial charge is 0.210 e. The minimum absolute atomic E-state index is 0.0615. The van der Waals surface area contributed by atoms with Crippen LogP contribution < -0.4 is 5.43 Å². The topological polar surface area (TPSA) is 81.4 Å². The van der Waals surface area contributed by atoms with Crippen LogP contribution in [0, 0.1) is 6.92 Å². The Morgan fingerprint density at radius 2 is 1.67 bits per heavy atom. The Morgan fingerprint density at radius 1 is 1.00 bits per heavy atom. The summed E-state index contributed by atoms with van der Waals surface area (Å²) < 4.78 is 33.2. The number of carbonyl (C=O) groups is 1. The van der Waals surface area contributed by atoms with Crippen molar-refractivity contribution in [1.29, 1.82) is 0 Å². The molecule has 0 saturated carbocycles. The van der Waals surface area contributed by atoms with Gasteiger partial charge >= 0.3 is 0 Å². The van der Waals surface area contributed by atoms with Crippen LogP contribution >= 0.6 is 27.5 Å². The van der Waals surface area contributed by atoms with Gasteiger partial charge in [-0.2, -0.15) is 0 Å². The number of ketones is 1. The zero-order chi connectivity index (χ0) is 23.8. The Hall–Kier alpha value is -3.00. The number of aryl methyl sites for hydroxylation is 1. The molecule has 4 aromatic rings. The van der Waals surface area contributed by atoms with Crippen molar-refractivity contribution in [2.75, 3.05) is 0 Å². The Labute approximate surface area is 203 Å². The Kier molecular flexibility index (Phi) is 6.38. The number of benzene rings is 3. The highest BCUT2D eigenvalue weighted by atomic mass is 79.9. The molecule has 8 heteroatoms. The number of hydrogen-bond donors (Lipinski definition) is 0. The second-order valence-corrected chi connectivity index (χ2v) is 10.6. The highest BCUT2D eigenvalue weighted by Gasteiger charge is 2.28. The van der Waals surface area contributed by atoms with Gasteiger partial charge in [-0.05, 0) is 55.5 Å². The van der Waals surface area contributed by atoms with Crippen LogP contribution in [0.3, 0.4) is 0 Å². The van der Waals surface area contributed by atoms with Crippen molar-refractivity contribution in [3.8, 4) is 0 Å². The van der Waals surface area contributed by atoms with Crippen molar-refractivity contribution in [3.63, 3.8) is 0 Å². The van der Waals surface area contributed by atoms with Gasteiger partial charge in [0.05, 0.1) is 15.8 Å². The molecule has 0 N–H and O–H groups in total. The van der Waals surface area contributed by atoms with E-state index in [1.165, 1.54) is 24.3 Å². The van der Waals surface area contributed by atoms with E-state index in [9.17, 15) is 18.0 Å². The summed E-state index contributed by atoms with van der Waals surface area (Å²) in [6, 6.07) is 16.9. The normalized spacial score (nSPS) is 12.2. The fourth-order valence-electron chi connectivity index (χ4n) is 3.21. The van der Waals surface area contributed by atoms with Crippen LogP contribution in [0.4, 0.5) is 0 Å². The van der Waals surface area contributed by atoms with Gasteiger partial charge in [-0.1, -0.05) is 57.4 Å². The summed E-state index contributed by atoms with van der Waals surface area (Å²) in [4.78, 5) is 25.8. The van der Waals surface area contributed by atoms with E-state index >= 15 is 0 Å². The predicted molar refractivity (Wildman–Crippen MR) is 132 cm³/mol. The van der Waals surface area contributed by atoms with Crippen molar-refractivity contribution in [1.82, 2.24) is 0 Å². The average molecular weight is 544 g/mol. The number of carbonyl (C=O) groups excluding carboxylic acids is 1. The quantitative estimate of drug-likeness (QED) is 0.221. The first-order chi connectivity index (χ1) is 15.7. The van der Waals surface area contributed by atoms with Crippen LogP contribution in [0.2, 0.25) is 5.02 Å². The second-order valence-electron chi connectivity index (χ2n) is 7.32. The molecule has 0 atom stereocenters. The van der Waals surface area contributed by atoms with E-state index < -0.39 is 26.0 Å². The molecule has 4 rings (SSSR count). The summed E-state index contributed by atoms with van der Waals surface area (Å²) in [6.45, 7) is 1.86. The maximum Gasteiger partial charge on any atom is 0.210 e. The third kappa shape index (κ3) is 4.71. The highest BCUT2D eigenvalue weighted by molar-refractivity contribution is 9.10. The molecule has 0 aliphatic rings. The highest BCUT2D eigenvalue weighted by Crippen LogP contribution is 2.27. The minimum Gasteiger partial charge on any atom is -0.463 e. The largest absolute Gasteiger partial charge is 0.463 e. The number of fused-ring (bicyclic) bond motifs is 1. The lowest BCUT2D eigenvalue weighted by Crippen LogP contribution is -2.16. The zero-order valence-corrected chi connectivity index (χ0v) is 20.4. The molecule has 166 valence electrons. The summed E-state index contributed by atoms with van der Waals surface area (Å²) in [6.07, 6.45) is 2.22. The van der Waals surface area contributed by atoms with Crippen molar-refractivity contribution < 1.29 is 17.6 Å². The molecule has 5 nitrogen and oxygen atoms in total. The molecule has 3 aromatic carbocycles. The molecule has 0 unspecified atom stereocenters. The Balaban J connectivity index is 1.95. The molecule has 0 aliphatic heterocycles. The minimum atomic E-state index is -4.29. The lowest BCUT2D eigenvalue weighted by molar-refractivity contribution is 0.104. The lowest BCUT2D eigenvalue weighted by atomic mass is 10.1. The molecule has 0 aliphatic carbocycles. The van der Waals surface area contributed by atoms with Crippen LogP contribution in [0.25, 0.3) is 17.0 Å². The maximum atomic E-state index is 13.5. The first-order valence-corrected chi connectivity index (χ1v) is 12.4. The standard InChI is InChI=1S/C25H16BrClO5S/c1-15-2-4-16(5-3-15)25(29)23(33(30,31)20-9-7-19(27)8-10-20)12-17-14-32-22-11-6-18(26)13-21(22)24(17)28/h2-14H,1H3/b23-12+. The molecule has 0 fully saturated rings. The maximum absolute atomic E-state index is 13.5. The molecule has 33 heavy (non-hydrogen) atoms. The summed E-state index contributed by atoms with van der Waals surface area (Å²) in [5, 5.41) is 0.606. The molecule has 0 bridgehead atoms. The number of Topliss-reactive ketones (excluding diaryl/α,β-unsaturated/α-hetero) is 1. The van der Waals surface area contributed by atoms with Crippen LogP contribution in [0.1, 0.15) is 21.5 Å². The van der Waals surface area contributed by atoms with Crippen LogP contribution in [-0.4, -0.2) is 14.2 Å². The Bertz CT molecular complexity index is 1570. The number of halogens is 2. The molecule has 0 radical (unpaired) electrons. The predicted octanol–water partition coefficient (Wildman–Crippen LogP) is 6.22. The summed E-state index contributed by atoms with van der Waals surface area (Å²) in [5.41, 5.74) is 0.912. The van der Waals surface area contributed by atoms with Gasteiger partial charge < -0.3 is 4.42 Å². The third-order valence-corrected chi connectivity index (χ3v) is 7.52. The molecule has 1 aromatic heterocycles. The summed E-state index contributed by atoms with van der Waals surface area (Å²) in [5.74, 6) is -0.737. The summed E-state index contributed by atoms with van der Waals surface area (Å²) in [7, 11) is -4.29. The van der Waals surface area contributed by atoms with Gasteiger partial charge in [0, 0.05) is 15.1 Å². The van der Waals surface area contributed by atoms with Crippen molar-refractivity contribution in [3.05, 3.63) is 114 Å². The fraction of sp³-hybridized carbons (Fsp3) is 0.0400. The Morgan fingerprint density at radius 3 is 2.33 bits per heavy atom. The van der Waals surface area contributed by atoms with Gasteiger partial charge in [-0.25, -0.2) is 8.42 Å². The first-order valence-electron chi connectivity index (χ1n) is 9.71. The van der Waals surface area contributed by atoms with Crippen molar-refractivity contribution in [2.24, 2.45) is 0 Å². The van der Waals surface area contributed by atoms with Crippen LogP contribution in [0.15, 0.2) is 96.5 Å². The van der Waals surface area contributed by atoms with E-state index in [-0.39, 0.29) is 21.4 Å². The van der Waals surface area contributed by atoms with Gasteiger partial charge in [0.1, 0.15) is 16.8 Å². The van der Waals surface area contributed by atoms with Gasteiger partial charge in [-0.3, -0.25) is 9.59 Å². The number of rotatable bonds is 5. The first kappa shape index (κ1) is 23.2. The molecule has 0 amide bonds. The average Bonchev–Trinajstić information content (AvgIpc) is 2.79. The molecule has 1 heterocycles. The molecule has 0 saturated heterocycles. The van der Waals surface area contributed by atoms with Crippen LogP contribution in [-0.2, 0) is 9.84 Å². The van der Waals surface area contributed by atoms with E-state index in [4.69, 9.17) is 16.0 Å². The van der Waals surface area contributed by atoms with Crippen molar-refractivity contribution >= 4 is 60.2 Å². The lowest BCUT2D eigenvalue weighted by Gasteiger charge is -2.10. The summed E-state index contributed by atoms with van der Waals surface area (Å²) >= 11 is 9.21. The van der Waals surface area contributed by atoms with Crippen molar-refractivity contribution in [2.45, 2.75) is 11.8 Å². The number of allylic oxidation sites excluding steroid dienone is 1. The third-order valence-electron chi connectivity index (χ3n) is 5.00. The molecule has 0 spiro atoms. The SMILES string of the molecule is Cc1ccc(C(=O)/C(=C\c2coc3ccc(Br)cc3c2=O)S(=O)(=O)c2ccc(Cl)cc2)cc1. The van der Waals surface area contributed by atoms with Gasteiger partial charge in [0.2, 0.25) is 15.6 Å². The zero-order valence-electron chi connectivity index (χ0n) is 17.2. The van der Waals surface area contributed by atoms with E-state index in [0.717, 1.165) is 17.9 Å². The van der Waals surface area contributed by atoms with E-state index in [1.807, 2.05) is 6.92 Å². The van der Waals surface area contributed by atoms with Gasteiger partial charge in [0.25, 0.3) is 0 Å². The monoisotopic (exact) mass is 542 g/mol. The second kappa shape index (κ2) is 9.09.